The van der Waals surface area contributed by atoms with Crippen LogP contribution in [0.5, 0.6) is 0 Å². The Hall–Kier alpha value is -2.80. The predicted octanol–water partition coefficient (Wildman–Crippen LogP) is 6.43. The predicted molar refractivity (Wildman–Crippen MR) is 123 cm³/mol. The second-order valence-corrected chi connectivity index (χ2v) is 8.70. The standard InChI is InChI=1S/C23H15Cl2FN2O2S/c1-13-12-15(25)8-11-18(13)27-20-21(31-16-9-6-14(24)7-10-16)23(30)28(22(20)29)19-5-3-2-4-17(19)26/h2-12,27H,1H3. The minimum atomic E-state index is -0.663. The number of amides is 2. The van der Waals surface area contributed by atoms with Crippen molar-refractivity contribution in [2.75, 3.05) is 10.2 Å². The van der Waals surface area contributed by atoms with Crippen molar-refractivity contribution >= 4 is 58.2 Å². The molecule has 0 saturated carbocycles. The lowest BCUT2D eigenvalue weighted by molar-refractivity contribution is -0.120. The quantitative estimate of drug-likeness (QED) is 0.434. The molecule has 0 aromatic heterocycles. The van der Waals surface area contributed by atoms with Crippen molar-refractivity contribution in [3.8, 4) is 0 Å². The molecule has 3 aromatic rings. The van der Waals surface area contributed by atoms with E-state index in [-0.39, 0.29) is 16.3 Å². The zero-order valence-corrected chi connectivity index (χ0v) is 18.5. The van der Waals surface area contributed by atoms with Crippen molar-refractivity contribution in [1.82, 2.24) is 0 Å². The van der Waals surface area contributed by atoms with Crippen LogP contribution < -0.4 is 10.2 Å². The van der Waals surface area contributed by atoms with Crippen molar-refractivity contribution in [3.63, 3.8) is 0 Å². The SMILES string of the molecule is Cc1cc(Cl)ccc1NC1=C(Sc2ccc(Cl)cc2)C(=O)N(c2ccccc2F)C1=O. The van der Waals surface area contributed by atoms with Crippen LogP contribution in [-0.4, -0.2) is 11.8 Å². The van der Waals surface area contributed by atoms with Gasteiger partial charge in [0.25, 0.3) is 11.8 Å². The molecule has 0 aliphatic carbocycles. The molecule has 2 amide bonds. The molecular formula is C23H15Cl2FN2O2S. The van der Waals surface area contributed by atoms with Crippen LogP contribution >= 0.6 is 35.0 Å². The van der Waals surface area contributed by atoms with Crippen molar-refractivity contribution in [3.05, 3.63) is 98.8 Å². The molecule has 1 aliphatic rings. The van der Waals surface area contributed by atoms with Gasteiger partial charge in [0.05, 0.1) is 5.69 Å². The smallest absolute Gasteiger partial charge is 0.283 e. The lowest BCUT2D eigenvalue weighted by Crippen LogP contribution is -2.33. The number of para-hydroxylation sites is 1. The van der Waals surface area contributed by atoms with E-state index in [1.165, 1.54) is 18.2 Å². The molecule has 0 spiro atoms. The summed E-state index contributed by atoms with van der Waals surface area (Å²) < 4.78 is 14.4. The number of benzene rings is 3. The molecule has 0 radical (unpaired) electrons. The van der Waals surface area contributed by atoms with Crippen LogP contribution in [0.1, 0.15) is 5.56 Å². The van der Waals surface area contributed by atoms with Crippen molar-refractivity contribution < 1.29 is 14.0 Å². The molecule has 4 rings (SSSR count). The van der Waals surface area contributed by atoms with E-state index in [2.05, 4.69) is 5.32 Å². The molecule has 4 nitrogen and oxygen atoms in total. The number of thioether (sulfide) groups is 1. The zero-order chi connectivity index (χ0) is 22.1. The minimum absolute atomic E-state index is 0.0682. The molecule has 0 bridgehead atoms. The number of nitrogens with zero attached hydrogens (tertiary/aromatic N) is 1. The second kappa shape index (κ2) is 8.75. The van der Waals surface area contributed by atoms with Gasteiger partial charge in [-0.2, -0.15) is 0 Å². The highest BCUT2D eigenvalue weighted by Gasteiger charge is 2.41. The van der Waals surface area contributed by atoms with Gasteiger partial charge in [0.15, 0.2) is 0 Å². The number of anilines is 2. The summed E-state index contributed by atoms with van der Waals surface area (Å²) in [4.78, 5) is 28.2. The lowest BCUT2D eigenvalue weighted by atomic mass is 10.2. The first kappa shape index (κ1) is 21.4. The Morgan fingerprint density at radius 1 is 0.903 bits per heavy atom. The maximum atomic E-state index is 14.4. The maximum Gasteiger partial charge on any atom is 0.283 e. The second-order valence-electron chi connectivity index (χ2n) is 6.74. The normalized spacial score (nSPS) is 13.9. The average molecular weight is 473 g/mol. The Balaban J connectivity index is 1.78. The third-order valence-corrected chi connectivity index (χ3v) is 6.19. The number of hydrogen-bond acceptors (Lipinski definition) is 4. The lowest BCUT2D eigenvalue weighted by Gasteiger charge is -2.16. The number of carbonyl (C=O) groups is 2. The summed E-state index contributed by atoms with van der Waals surface area (Å²) in [5, 5.41) is 4.16. The van der Waals surface area contributed by atoms with E-state index in [1.54, 1.807) is 48.5 Å². The third-order valence-electron chi connectivity index (χ3n) is 4.62. The van der Waals surface area contributed by atoms with E-state index < -0.39 is 17.6 Å². The molecule has 3 aromatic carbocycles. The molecule has 31 heavy (non-hydrogen) atoms. The number of nitrogens with one attached hydrogen (secondary N) is 1. The van der Waals surface area contributed by atoms with Gasteiger partial charge in [-0.3, -0.25) is 9.59 Å². The summed E-state index contributed by atoms with van der Waals surface area (Å²) >= 11 is 13.1. The Morgan fingerprint density at radius 3 is 2.26 bits per heavy atom. The molecular weight excluding hydrogens is 458 g/mol. The van der Waals surface area contributed by atoms with Crippen LogP contribution in [0, 0.1) is 12.7 Å². The Labute approximate surface area is 192 Å². The average Bonchev–Trinajstić information content (AvgIpc) is 2.96. The fourth-order valence-electron chi connectivity index (χ4n) is 3.09. The summed E-state index contributed by atoms with van der Waals surface area (Å²) in [6, 6.07) is 17.7. The van der Waals surface area contributed by atoms with E-state index >= 15 is 0 Å². The first-order chi connectivity index (χ1) is 14.8. The zero-order valence-electron chi connectivity index (χ0n) is 16.2. The van der Waals surface area contributed by atoms with Gasteiger partial charge in [0.2, 0.25) is 0 Å². The van der Waals surface area contributed by atoms with Gasteiger partial charge in [-0.05, 0) is 67.1 Å². The van der Waals surface area contributed by atoms with Crippen LogP contribution in [0.15, 0.2) is 82.2 Å². The van der Waals surface area contributed by atoms with Crippen LogP contribution in [-0.2, 0) is 9.59 Å². The molecule has 1 N–H and O–H groups in total. The fourth-order valence-corrected chi connectivity index (χ4v) is 4.37. The van der Waals surface area contributed by atoms with Crippen LogP contribution in [0.2, 0.25) is 10.0 Å². The molecule has 0 saturated heterocycles. The van der Waals surface area contributed by atoms with Gasteiger partial charge in [-0.1, -0.05) is 47.1 Å². The van der Waals surface area contributed by atoms with Gasteiger partial charge in [0, 0.05) is 20.6 Å². The topological polar surface area (TPSA) is 49.4 Å². The van der Waals surface area contributed by atoms with Gasteiger partial charge in [-0.25, -0.2) is 9.29 Å². The van der Waals surface area contributed by atoms with Gasteiger partial charge in [-0.15, -0.1) is 0 Å². The number of aryl methyl sites for hydroxylation is 1. The monoisotopic (exact) mass is 472 g/mol. The first-order valence-corrected chi connectivity index (χ1v) is 10.8. The van der Waals surface area contributed by atoms with Gasteiger partial charge in [0.1, 0.15) is 16.4 Å². The number of hydrogen-bond donors (Lipinski definition) is 1. The number of halogens is 3. The van der Waals surface area contributed by atoms with Crippen LogP contribution in [0.3, 0.4) is 0 Å². The molecule has 0 fully saturated rings. The summed E-state index contributed by atoms with van der Waals surface area (Å²) in [5.74, 6) is -1.91. The summed E-state index contributed by atoms with van der Waals surface area (Å²) in [7, 11) is 0. The molecule has 8 heteroatoms. The highest BCUT2D eigenvalue weighted by Crippen LogP contribution is 2.39. The van der Waals surface area contributed by atoms with E-state index in [9.17, 15) is 14.0 Å². The Kier molecular flexibility index (Phi) is 6.05. The highest BCUT2D eigenvalue weighted by atomic mass is 35.5. The highest BCUT2D eigenvalue weighted by molar-refractivity contribution is 8.04. The number of carbonyl (C=O) groups excluding carboxylic acids is 2. The third kappa shape index (κ3) is 4.32. The van der Waals surface area contributed by atoms with Gasteiger partial charge < -0.3 is 5.32 Å². The fraction of sp³-hybridized carbons (Fsp3) is 0.0435. The Bertz CT molecular complexity index is 1230. The molecule has 1 aliphatic heterocycles. The van der Waals surface area contributed by atoms with Crippen molar-refractivity contribution in [2.24, 2.45) is 0 Å². The summed E-state index contributed by atoms with van der Waals surface area (Å²) in [5.41, 5.74) is 1.38. The number of rotatable bonds is 5. The van der Waals surface area contributed by atoms with E-state index in [4.69, 9.17) is 23.2 Å². The van der Waals surface area contributed by atoms with Crippen molar-refractivity contribution in [1.29, 1.82) is 0 Å². The van der Waals surface area contributed by atoms with E-state index in [0.29, 0.717) is 20.6 Å². The van der Waals surface area contributed by atoms with Crippen LogP contribution in [0.4, 0.5) is 15.8 Å². The molecule has 156 valence electrons. The number of imide groups is 1. The largest absolute Gasteiger partial charge is 0.350 e. The van der Waals surface area contributed by atoms with E-state index in [1.807, 2.05) is 6.92 Å². The minimum Gasteiger partial charge on any atom is -0.350 e. The maximum absolute atomic E-state index is 14.4. The Morgan fingerprint density at radius 2 is 1.58 bits per heavy atom. The molecule has 1 heterocycles. The molecule has 0 atom stereocenters. The first-order valence-electron chi connectivity index (χ1n) is 9.19. The molecule has 0 unspecified atom stereocenters. The van der Waals surface area contributed by atoms with Gasteiger partial charge >= 0.3 is 0 Å². The summed E-state index contributed by atoms with van der Waals surface area (Å²) in [6.07, 6.45) is 0. The van der Waals surface area contributed by atoms with Crippen LogP contribution in [0.25, 0.3) is 0 Å². The van der Waals surface area contributed by atoms with Crippen molar-refractivity contribution in [2.45, 2.75) is 11.8 Å². The van der Waals surface area contributed by atoms with E-state index in [0.717, 1.165) is 22.2 Å². The summed E-state index contributed by atoms with van der Waals surface area (Å²) in [6.45, 7) is 1.83.